The first-order valence-corrected chi connectivity index (χ1v) is 9.04. The van der Waals surface area contributed by atoms with Gasteiger partial charge in [-0.1, -0.05) is 25.1 Å². The first-order valence-electron chi connectivity index (χ1n) is 8.22. The van der Waals surface area contributed by atoms with Crippen LogP contribution >= 0.6 is 11.3 Å². The molecule has 2 rings (SSSR count). The minimum atomic E-state index is 0.600. The van der Waals surface area contributed by atoms with Crippen LogP contribution in [-0.2, 0) is 19.5 Å². The highest BCUT2D eigenvalue weighted by molar-refractivity contribution is 7.11. The highest BCUT2D eigenvalue weighted by Crippen LogP contribution is 2.19. The Morgan fingerprint density at radius 3 is 2.79 bits per heavy atom. The summed E-state index contributed by atoms with van der Waals surface area (Å²) < 4.78 is 5.44. The van der Waals surface area contributed by atoms with Crippen molar-refractivity contribution in [2.75, 3.05) is 20.7 Å². The van der Waals surface area contributed by atoms with Crippen LogP contribution in [0, 0.1) is 0 Å². The Kier molecular flexibility index (Phi) is 7.06. The van der Waals surface area contributed by atoms with Crippen LogP contribution < -0.4 is 10.1 Å². The number of aryl methyl sites for hydroxylation is 1. The number of hydrogen-bond acceptors (Lipinski definition) is 4. The molecule has 1 aromatic carbocycles. The third-order valence-electron chi connectivity index (χ3n) is 3.61. The van der Waals surface area contributed by atoms with Crippen molar-refractivity contribution in [2.24, 2.45) is 4.99 Å². The van der Waals surface area contributed by atoms with Crippen LogP contribution in [0.3, 0.4) is 0 Å². The third-order valence-corrected chi connectivity index (χ3v) is 4.74. The highest BCUT2D eigenvalue weighted by Gasteiger charge is 2.10. The average Bonchev–Trinajstić information content (AvgIpc) is 3.07. The van der Waals surface area contributed by atoms with Gasteiger partial charge < -0.3 is 15.0 Å². The Labute approximate surface area is 148 Å². The summed E-state index contributed by atoms with van der Waals surface area (Å²) in [7, 11) is 3.74. The molecular weight excluding hydrogens is 320 g/mol. The van der Waals surface area contributed by atoms with Crippen LogP contribution in [0.25, 0.3) is 0 Å². The van der Waals surface area contributed by atoms with Gasteiger partial charge in [-0.05, 0) is 19.4 Å². The van der Waals surface area contributed by atoms with Gasteiger partial charge in [-0.2, -0.15) is 0 Å². The highest BCUT2D eigenvalue weighted by atomic mass is 32.1. The summed E-state index contributed by atoms with van der Waals surface area (Å²) in [6.45, 7) is 6.38. The van der Waals surface area contributed by atoms with Crippen molar-refractivity contribution >= 4 is 17.3 Å². The van der Waals surface area contributed by atoms with Gasteiger partial charge in [0.15, 0.2) is 5.96 Å². The lowest BCUT2D eigenvalue weighted by Crippen LogP contribution is -2.38. The predicted molar refractivity (Wildman–Crippen MR) is 101 cm³/mol. The lowest BCUT2D eigenvalue weighted by atomic mass is 10.2. The fraction of sp³-hybridized carbons (Fsp3) is 0.444. The van der Waals surface area contributed by atoms with Crippen molar-refractivity contribution in [3.8, 4) is 5.75 Å². The van der Waals surface area contributed by atoms with E-state index < -0.39 is 0 Å². The Morgan fingerprint density at radius 1 is 1.33 bits per heavy atom. The maximum Gasteiger partial charge on any atom is 0.194 e. The average molecular weight is 347 g/mol. The number of aromatic nitrogens is 1. The number of methoxy groups -OCH3 is 1. The molecule has 24 heavy (non-hydrogen) atoms. The zero-order valence-corrected chi connectivity index (χ0v) is 15.7. The van der Waals surface area contributed by atoms with Gasteiger partial charge >= 0.3 is 0 Å². The quantitative estimate of drug-likeness (QED) is 0.617. The minimum Gasteiger partial charge on any atom is -0.496 e. The van der Waals surface area contributed by atoms with Crippen molar-refractivity contribution in [3.05, 3.63) is 45.9 Å². The largest absolute Gasteiger partial charge is 0.496 e. The van der Waals surface area contributed by atoms with E-state index in [1.54, 1.807) is 18.4 Å². The third kappa shape index (κ3) is 4.96. The second kappa shape index (κ2) is 9.27. The number of ether oxygens (including phenoxy) is 1. The Bertz CT molecular complexity index is 669. The summed E-state index contributed by atoms with van der Waals surface area (Å²) in [5.74, 6) is 1.77. The molecule has 1 N–H and O–H groups in total. The molecule has 0 spiro atoms. The standard InChI is InChI=1S/C18H26N4OS/c1-5-15-11-20-17(24-15)12-21-18(19-6-2)22(3)13-14-9-7-8-10-16(14)23-4/h7-11H,5-6,12-13H2,1-4H3,(H,19,21). The van der Waals surface area contributed by atoms with Crippen molar-refractivity contribution in [2.45, 2.75) is 33.4 Å². The maximum absolute atomic E-state index is 5.44. The van der Waals surface area contributed by atoms with Gasteiger partial charge in [-0.25, -0.2) is 9.98 Å². The van der Waals surface area contributed by atoms with E-state index in [2.05, 4.69) is 35.1 Å². The molecule has 0 aliphatic carbocycles. The second-order valence-corrected chi connectivity index (χ2v) is 6.61. The molecule has 2 aromatic rings. The number of thiazole rings is 1. The maximum atomic E-state index is 5.44. The smallest absolute Gasteiger partial charge is 0.194 e. The number of guanidine groups is 1. The van der Waals surface area contributed by atoms with Crippen molar-refractivity contribution < 1.29 is 4.74 Å². The molecule has 0 saturated carbocycles. The molecule has 0 atom stereocenters. The summed E-state index contributed by atoms with van der Waals surface area (Å²) in [6, 6.07) is 8.06. The van der Waals surface area contributed by atoms with Gasteiger partial charge in [0.25, 0.3) is 0 Å². The predicted octanol–water partition coefficient (Wildman–Crippen LogP) is 3.31. The molecule has 1 aromatic heterocycles. The van der Waals surface area contributed by atoms with Crippen molar-refractivity contribution in [3.63, 3.8) is 0 Å². The van der Waals surface area contributed by atoms with Gasteiger partial charge in [-0.15, -0.1) is 11.3 Å². The van der Waals surface area contributed by atoms with Gasteiger partial charge in [0.05, 0.1) is 13.7 Å². The van der Waals surface area contributed by atoms with E-state index in [0.29, 0.717) is 6.54 Å². The second-order valence-electron chi connectivity index (χ2n) is 5.41. The van der Waals surface area contributed by atoms with E-state index in [1.165, 1.54) is 4.88 Å². The van der Waals surface area contributed by atoms with Gasteiger partial charge in [0.1, 0.15) is 10.8 Å². The van der Waals surface area contributed by atoms with Crippen molar-refractivity contribution in [1.82, 2.24) is 15.2 Å². The molecular formula is C18H26N4OS. The normalized spacial score (nSPS) is 11.4. The molecule has 0 unspecified atom stereocenters. The van der Waals surface area contributed by atoms with Crippen molar-refractivity contribution in [1.29, 1.82) is 0 Å². The van der Waals surface area contributed by atoms with E-state index in [9.17, 15) is 0 Å². The molecule has 0 aliphatic heterocycles. The summed E-state index contributed by atoms with van der Waals surface area (Å²) >= 11 is 1.73. The molecule has 0 amide bonds. The molecule has 130 valence electrons. The fourth-order valence-corrected chi connectivity index (χ4v) is 3.15. The SMILES string of the molecule is CCNC(=NCc1ncc(CC)s1)N(C)Cc1ccccc1OC. The van der Waals surface area contributed by atoms with Crippen LogP contribution in [-0.4, -0.2) is 36.5 Å². The molecule has 0 bridgehead atoms. The van der Waals surface area contributed by atoms with Crippen LogP contribution in [0.4, 0.5) is 0 Å². The van der Waals surface area contributed by atoms with Gasteiger partial charge in [0.2, 0.25) is 0 Å². The first-order chi connectivity index (χ1) is 11.7. The van der Waals surface area contributed by atoms with E-state index in [4.69, 9.17) is 9.73 Å². The van der Waals surface area contributed by atoms with Crippen LogP contribution in [0.2, 0.25) is 0 Å². The molecule has 5 nitrogen and oxygen atoms in total. The lowest BCUT2D eigenvalue weighted by molar-refractivity contribution is 0.396. The molecule has 1 heterocycles. The summed E-state index contributed by atoms with van der Waals surface area (Å²) in [5, 5.41) is 4.39. The lowest BCUT2D eigenvalue weighted by Gasteiger charge is -2.23. The zero-order valence-electron chi connectivity index (χ0n) is 14.9. The number of benzene rings is 1. The number of aliphatic imine (C=N–C) groups is 1. The summed E-state index contributed by atoms with van der Waals surface area (Å²) in [6.07, 6.45) is 2.97. The number of nitrogens with zero attached hydrogens (tertiary/aromatic N) is 3. The Balaban J connectivity index is 2.08. The van der Waals surface area contributed by atoms with Gasteiger partial charge in [0, 0.05) is 36.8 Å². The van der Waals surface area contributed by atoms with Crippen LogP contribution in [0.1, 0.15) is 29.3 Å². The van der Waals surface area contributed by atoms with Gasteiger partial charge in [-0.3, -0.25) is 0 Å². The minimum absolute atomic E-state index is 0.600. The molecule has 0 saturated heterocycles. The number of hydrogen-bond donors (Lipinski definition) is 1. The molecule has 6 heteroatoms. The number of nitrogens with one attached hydrogen (secondary N) is 1. The van der Waals surface area contributed by atoms with E-state index in [-0.39, 0.29) is 0 Å². The molecule has 0 aliphatic rings. The fourth-order valence-electron chi connectivity index (χ4n) is 2.36. The van der Waals surface area contributed by atoms with Crippen LogP contribution in [0.5, 0.6) is 5.75 Å². The summed E-state index contributed by atoms with van der Waals surface area (Å²) in [4.78, 5) is 12.6. The Hall–Kier alpha value is -2.08. The van der Waals surface area contributed by atoms with E-state index >= 15 is 0 Å². The first kappa shape index (κ1) is 18.3. The Morgan fingerprint density at radius 2 is 2.12 bits per heavy atom. The molecule has 0 fully saturated rings. The molecule has 0 radical (unpaired) electrons. The number of rotatable bonds is 7. The van der Waals surface area contributed by atoms with Crippen LogP contribution in [0.15, 0.2) is 35.5 Å². The topological polar surface area (TPSA) is 49.8 Å². The monoisotopic (exact) mass is 346 g/mol. The zero-order chi connectivity index (χ0) is 17.4. The summed E-state index contributed by atoms with van der Waals surface area (Å²) in [5.41, 5.74) is 1.13. The number of para-hydroxylation sites is 1. The van der Waals surface area contributed by atoms with E-state index in [1.807, 2.05) is 31.4 Å². The van der Waals surface area contributed by atoms with E-state index in [0.717, 1.165) is 41.8 Å².